The molecule has 0 saturated heterocycles. The predicted molar refractivity (Wildman–Crippen MR) is 98.4 cm³/mol. The van der Waals surface area contributed by atoms with E-state index < -0.39 is 11.9 Å². The number of nitrogens with one attached hydrogen (secondary N) is 2. The van der Waals surface area contributed by atoms with Crippen LogP contribution in [-0.4, -0.2) is 35.6 Å². The van der Waals surface area contributed by atoms with Crippen LogP contribution in [0.4, 0.5) is 5.69 Å². The fraction of sp³-hybridized carbons (Fsp3) is 0.211. The standard InChI is InChI=1S/C19H18N4O4/c1-11-9-16(24)22-23-17(11)12-3-5-14(6-4-12)21-18(25)15-10-13(7-8-20-15)19(26)27-2/h3-8,10-11H,9H2,1-2H3,(H,21,25)(H,22,24). The van der Waals surface area contributed by atoms with Gasteiger partial charge in [-0.3, -0.25) is 14.6 Å². The van der Waals surface area contributed by atoms with Crippen molar-refractivity contribution in [2.45, 2.75) is 13.3 Å². The second-order valence-corrected chi connectivity index (χ2v) is 6.09. The van der Waals surface area contributed by atoms with Crippen LogP contribution in [0.15, 0.2) is 47.7 Å². The van der Waals surface area contributed by atoms with E-state index in [-0.39, 0.29) is 23.1 Å². The topological polar surface area (TPSA) is 110 Å². The van der Waals surface area contributed by atoms with Crippen molar-refractivity contribution in [1.82, 2.24) is 10.4 Å². The van der Waals surface area contributed by atoms with Gasteiger partial charge in [0.2, 0.25) is 5.91 Å². The number of ether oxygens (including phenoxy) is 1. The van der Waals surface area contributed by atoms with Crippen LogP contribution in [0, 0.1) is 5.92 Å². The molecule has 8 nitrogen and oxygen atoms in total. The number of nitrogens with zero attached hydrogens (tertiary/aromatic N) is 2. The van der Waals surface area contributed by atoms with Gasteiger partial charge in [-0.1, -0.05) is 19.1 Å². The largest absolute Gasteiger partial charge is 0.465 e. The van der Waals surface area contributed by atoms with Crippen molar-refractivity contribution in [1.29, 1.82) is 0 Å². The van der Waals surface area contributed by atoms with E-state index in [1.54, 1.807) is 12.1 Å². The van der Waals surface area contributed by atoms with Gasteiger partial charge in [0, 0.05) is 24.2 Å². The number of esters is 1. The van der Waals surface area contributed by atoms with E-state index in [1.807, 2.05) is 19.1 Å². The summed E-state index contributed by atoms with van der Waals surface area (Å²) in [5.74, 6) is -1.06. The van der Waals surface area contributed by atoms with Gasteiger partial charge in [0.15, 0.2) is 0 Å². The van der Waals surface area contributed by atoms with Gasteiger partial charge >= 0.3 is 5.97 Å². The fourth-order valence-corrected chi connectivity index (χ4v) is 2.72. The molecule has 0 fully saturated rings. The monoisotopic (exact) mass is 366 g/mol. The van der Waals surface area contributed by atoms with Crippen LogP contribution in [0.2, 0.25) is 0 Å². The summed E-state index contributed by atoms with van der Waals surface area (Å²) in [5, 5.41) is 6.84. The Morgan fingerprint density at radius 3 is 2.63 bits per heavy atom. The number of benzene rings is 1. The zero-order chi connectivity index (χ0) is 19.4. The lowest BCUT2D eigenvalue weighted by Gasteiger charge is -2.19. The first-order chi connectivity index (χ1) is 13.0. The summed E-state index contributed by atoms with van der Waals surface area (Å²) < 4.78 is 4.64. The first kappa shape index (κ1) is 18.2. The Balaban J connectivity index is 1.72. The van der Waals surface area contributed by atoms with E-state index in [0.717, 1.165) is 11.3 Å². The van der Waals surface area contributed by atoms with Crippen LogP contribution in [-0.2, 0) is 9.53 Å². The van der Waals surface area contributed by atoms with Crippen LogP contribution >= 0.6 is 0 Å². The third kappa shape index (κ3) is 4.17. The molecule has 2 amide bonds. The number of carbonyl (C=O) groups is 3. The molecule has 2 N–H and O–H groups in total. The molecule has 0 spiro atoms. The van der Waals surface area contributed by atoms with Gasteiger partial charge in [-0.15, -0.1) is 0 Å². The second-order valence-electron chi connectivity index (χ2n) is 6.09. The number of pyridine rings is 1. The molecule has 1 aromatic carbocycles. The molecule has 0 bridgehead atoms. The Hall–Kier alpha value is -3.55. The lowest BCUT2D eigenvalue weighted by Crippen LogP contribution is -2.31. The molecule has 1 unspecified atom stereocenters. The van der Waals surface area contributed by atoms with Crippen molar-refractivity contribution < 1.29 is 19.1 Å². The van der Waals surface area contributed by atoms with E-state index in [2.05, 4.69) is 25.6 Å². The van der Waals surface area contributed by atoms with E-state index in [1.165, 1.54) is 25.4 Å². The highest BCUT2D eigenvalue weighted by Gasteiger charge is 2.21. The number of methoxy groups -OCH3 is 1. The Kier molecular flexibility index (Phi) is 5.25. The van der Waals surface area contributed by atoms with Crippen molar-refractivity contribution in [3.63, 3.8) is 0 Å². The summed E-state index contributed by atoms with van der Waals surface area (Å²) in [6.07, 6.45) is 1.76. The van der Waals surface area contributed by atoms with Crippen molar-refractivity contribution >= 4 is 29.2 Å². The van der Waals surface area contributed by atoms with E-state index in [9.17, 15) is 14.4 Å². The molecule has 1 aromatic heterocycles. The molecular formula is C19H18N4O4. The molecule has 138 valence electrons. The SMILES string of the molecule is COC(=O)c1ccnc(C(=O)Nc2ccc(C3=NNC(=O)CC3C)cc2)c1. The highest BCUT2D eigenvalue weighted by molar-refractivity contribution is 6.07. The van der Waals surface area contributed by atoms with Gasteiger partial charge in [0.05, 0.1) is 18.4 Å². The lowest BCUT2D eigenvalue weighted by molar-refractivity contribution is -0.121. The number of carbonyl (C=O) groups excluding carboxylic acids is 3. The number of hydrogen-bond donors (Lipinski definition) is 2. The summed E-state index contributed by atoms with van der Waals surface area (Å²) in [6, 6.07) is 9.96. The highest BCUT2D eigenvalue weighted by Crippen LogP contribution is 2.19. The minimum atomic E-state index is -0.537. The van der Waals surface area contributed by atoms with Gasteiger partial charge in [-0.2, -0.15) is 5.10 Å². The quantitative estimate of drug-likeness (QED) is 0.804. The molecule has 27 heavy (non-hydrogen) atoms. The fourth-order valence-electron chi connectivity index (χ4n) is 2.72. The number of hydrogen-bond acceptors (Lipinski definition) is 6. The second kappa shape index (κ2) is 7.77. The van der Waals surface area contributed by atoms with Crippen LogP contribution < -0.4 is 10.7 Å². The molecule has 3 rings (SSSR count). The van der Waals surface area contributed by atoms with Gasteiger partial charge in [0.1, 0.15) is 5.69 Å². The minimum Gasteiger partial charge on any atom is -0.465 e. The molecule has 1 aliphatic heterocycles. The molecule has 1 atom stereocenters. The maximum Gasteiger partial charge on any atom is 0.337 e. The first-order valence-electron chi connectivity index (χ1n) is 8.30. The molecule has 1 aliphatic rings. The third-order valence-electron chi connectivity index (χ3n) is 4.11. The Morgan fingerprint density at radius 2 is 1.96 bits per heavy atom. The molecule has 0 aliphatic carbocycles. The van der Waals surface area contributed by atoms with Gasteiger partial charge in [-0.05, 0) is 29.8 Å². The summed E-state index contributed by atoms with van der Waals surface area (Å²) in [5.41, 5.74) is 5.07. The van der Waals surface area contributed by atoms with E-state index in [4.69, 9.17) is 0 Å². The third-order valence-corrected chi connectivity index (χ3v) is 4.11. The van der Waals surface area contributed by atoms with Crippen molar-refractivity contribution in [2.24, 2.45) is 11.0 Å². The summed E-state index contributed by atoms with van der Waals surface area (Å²) >= 11 is 0. The first-order valence-corrected chi connectivity index (χ1v) is 8.30. The number of rotatable bonds is 4. The zero-order valence-electron chi connectivity index (χ0n) is 14.9. The van der Waals surface area contributed by atoms with Crippen molar-refractivity contribution in [3.05, 3.63) is 59.4 Å². The lowest BCUT2D eigenvalue weighted by atomic mass is 9.94. The molecule has 2 aromatic rings. The Morgan fingerprint density at radius 1 is 1.22 bits per heavy atom. The smallest absolute Gasteiger partial charge is 0.337 e. The van der Waals surface area contributed by atoms with Crippen LogP contribution in [0.5, 0.6) is 0 Å². The normalized spacial score (nSPS) is 16.1. The summed E-state index contributed by atoms with van der Waals surface area (Å²) in [4.78, 5) is 39.2. The average molecular weight is 366 g/mol. The number of amides is 2. The molecule has 8 heteroatoms. The average Bonchev–Trinajstić information content (AvgIpc) is 2.68. The van der Waals surface area contributed by atoms with E-state index in [0.29, 0.717) is 12.1 Å². The number of anilines is 1. The van der Waals surface area contributed by atoms with Crippen LogP contribution in [0.1, 0.15) is 39.8 Å². The van der Waals surface area contributed by atoms with Gasteiger partial charge in [-0.25, -0.2) is 10.2 Å². The van der Waals surface area contributed by atoms with Gasteiger partial charge in [0.25, 0.3) is 5.91 Å². The molecule has 2 heterocycles. The van der Waals surface area contributed by atoms with Crippen molar-refractivity contribution in [3.8, 4) is 0 Å². The Bertz CT molecular complexity index is 922. The Labute approximate surface area is 155 Å². The van der Waals surface area contributed by atoms with Crippen LogP contribution in [0.25, 0.3) is 0 Å². The highest BCUT2D eigenvalue weighted by atomic mass is 16.5. The van der Waals surface area contributed by atoms with Crippen LogP contribution in [0.3, 0.4) is 0 Å². The molecule has 0 saturated carbocycles. The minimum absolute atomic E-state index is 0.0180. The summed E-state index contributed by atoms with van der Waals surface area (Å²) in [7, 11) is 1.27. The van der Waals surface area contributed by atoms with E-state index >= 15 is 0 Å². The summed E-state index contributed by atoms with van der Waals surface area (Å²) in [6.45, 7) is 1.94. The number of aromatic nitrogens is 1. The van der Waals surface area contributed by atoms with Gasteiger partial charge < -0.3 is 10.1 Å². The maximum atomic E-state index is 12.4. The van der Waals surface area contributed by atoms with Crippen molar-refractivity contribution in [2.75, 3.05) is 12.4 Å². The molecular weight excluding hydrogens is 348 g/mol. The predicted octanol–water partition coefficient (Wildman–Crippen LogP) is 1.98. The zero-order valence-corrected chi connectivity index (χ0v) is 14.9. The maximum absolute atomic E-state index is 12.4. The molecule has 0 radical (unpaired) electrons. The number of hydrazone groups is 1.